The molecule has 25 heavy (non-hydrogen) atoms. The number of methoxy groups -OCH3 is 1. The lowest BCUT2D eigenvalue weighted by Crippen LogP contribution is -2.45. The van der Waals surface area contributed by atoms with Gasteiger partial charge in [0, 0.05) is 43.7 Å². The predicted molar refractivity (Wildman–Crippen MR) is 93.8 cm³/mol. The second-order valence-electron chi connectivity index (χ2n) is 6.45. The van der Waals surface area contributed by atoms with Crippen molar-refractivity contribution in [2.75, 3.05) is 13.7 Å². The fourth-order valence-corrected chi connectivity index (χ4v) is 3.29. The highest BCUT2D eigenvalue weighted by Gasteiger charge is 2.37. The minimum Gasteiger partial charge on any atom is -0.376 e. The van der Waals surface area contributed by atoms with Crippen molar-refractivity contribution < 1.29 is 14.5 Å². The number of amides is 1. The van der Waals surface area contributed by atoms with Gasteiger partial charge in [0.15, 0.2) is 0 Å². The number of benzene rings is 2. The molecule has 0 saturated carbocycles. The average molecular weight is 340 g/mol. The van der Waals surface area contributed by atoms with Crippen molar-refractivity contribution in [3.05, 3.63) is 74.8 Å². The summed E-state index contributed by atoms with van der Waals surface area (Å²) in [5, 5.41) is 13.9. The molecule has 1 N–H and O–H groups in total. The number of hydrogen-bond donors (Lipinski definition) is 1. The smallest absolute Gasteiger partial charge is 0.273 e. The van der Waals surface area contributed by atoms with Crippen LogP contribution in [0.2, 0.25) is 0 Å². The van der Waals surface area contributed by atoms with Crippen LogP contribution in [0.3, 0.4) is 0 Å². The molecule has 2 aromatic carbocycles. The maximum Gasteiger partial charge on any atom is 0.273 e. The molecule has 3 rings (SSSR count). The number of carbonyl (C=O) groups excluding carboxylic acids is 1. The molecule has 0 aromatic heterocycles. The fourth-order valence-electron chi connectivity index (χ4n) is 3.29. The summed E-state index contributed by atoms with van der Waals surface area (Å²) in [6.07, 6.45) is 1.46. The third-order valence-electron chi connectivity index (χ3n) is 4.82. The first-order chi connectivity index (χ1) is 11.9. The third-order valence-corrected chi connectivity index (χ3v) is 4.82. The van der Waals surface area contributed by atoms with Crippen LogP contribution in [-0.4, -0.2) is 30.1 Å². The first-order valence-corrected chi connectivity index (χ1v) is 8.09. The van der Waals surface area contributed by atoms with E-state index in [-0.39, 0.29) is 17.2 Å². The molecule has 2 aromatic rings. The Morgan fingerprint density at radius 2 is 1.88 bits per heavy atom. The van der Waals surface area contributed by atoms with Crippen molar-refractivity contribution in [2.45, 2.75) is 25.4 Å². The zero-order valence-electron chi connectivity index (χ0n) is 14.2. The van der Waals surface area contributed by atoms with Gasteiger partial charge in [-0.3, -0.25) is 14.9 Å². The van der Waals surface area contributed by atoms with Gasteiger partial charge < -0.3 is 10.1 Å². The largest absolute Gasteiger partial charge is 0.376 e. The van der Waals surface area contributed by atoms with E-state index in [1.54, 1.807) is 26.2 Å². The number of nitrogens with one attached hydrogen (secondary N) is 1. The van der Waals surface area contributed by atoms with Gasteiger partial charge in [0.1, 0.15) is 0 Å². The van der Waals surface area contributed by atoms with E-state index in [1.807, 2.05) is 12.1 Å². The normalized spacial score (nSPS) is 14.8. The number of carbonyl (C=O) groups is 1. The second-order valence-corrected chi connectivity index (χ2v) is 6.45. The van der Waals surface area contributed by atoms with Crippen molar-refractivity contribution in [3.63, 3.8) is 0 Å². The number of rotatable bonds is 5. The standard InChI is InChI=1S/C19H20N2O4/c1-13-7-8-14(9-17(13)21(23)24)18(22)20-12-19(25-2)10-15-5-3-4-6-16(15)11-19/h3-9H,10-12H2,1-2H3,(H,20,22). The van der Waals surface area contributed by atoms with Gasteiger partial charge in [-0.05, 0) is 24.1 Å². The lowest BCUT2D eigenvalue weighted by Gasteiger charge is -2.27. The van der Waals surface area contributed by atoms with E-state index < -0.39 is 10.5 Å². The predicted octanol–water partition coefficient (Wildman–Crippen LogP) is 2.82. The molecule has 1 amide bonds. The molecule has 0 bridgehead atoms. The van der Waals surface area contributed by atoms with E-state index in [0.717, 1.165) is 12.8 Å². The first kappa shape index (κ1) is 17.1. The van der Waals surface area contributed by atoms with Crippen LogP contribution in [0, 0.1) is 17.0 Å². The minimum atomic E-state index is -0.476. The summed E-state index contributed by atoms with van der Waals surface area (Å²) in [7, 11) is 1.65. The fraction of sp³-hybridized carbons (Fsp3) is 0.316. The Kier molecular flexibility index (Phi) is 4.55. The van der Waals surface area contributed by atoms with Crippen LogP contribution in [0.15, 0.2) is 42.5 Å². The topological polar surface area (TPSA) is 81.5 Å². The van der Waals surface area contributed by atoms with Gasteiger partial charge in [0.05, 0.1) is 10.5 Å². The summed E-state index contributed by atoms with van der Waals surface area (Å²) in [6, 6.07) is 12.6. The summed E-state index contributed by atoms with van der Waals surface area (Å²) in [6.45, 7) is 1.99. The van der Waals surface area contributed by atoms with E-state index in [9.17, 15) is 14.9 Å². The van der Waals surface area contributed by atoms with Crippen molar-refractivity contribution in [1.29, 1.82) is 0 Å². The highest BCUT2D eigenvalue weighted by atomic mass is 16.6. The number of nitro groups is 1. The minimum absolute atomic E-state index is 0.0534. The zero-order valence-corrected chi connectivity index (χ0v) is 14.2. The molecule has 0 fully saturated rings. The van der Waals surface area contributed by atoms with Crippen LogP contribution in [0.4, 0.5) is 5.69 Å². The van der Waals surface area contributed by atoms with E-state index in [2.05, 4.69) is 17.4 Å². The molecular weight excluding hydrogens is 320 g/mol. The van der Waals surface area contributed by atoms with Crippen molar-refractivity contribution in [2.24, 2.45) is 0 Å². The molecule has 1 aliphatic carbocycles. The molecule has 0 heterocycles. The van der Waals surface area contributed by atoms with Crippen LogP contribution < -0.4 is 5.32 Å². The van der Waals surface area contributed by atoms with Gasteiger partial charge in [0.25, 0.3) is 11.6 Å². The van der Waals surface area contributed by atoms with Crippen LogP contribution >= 0.6 is 0 Å². The molecule has 6 heteroatoms. The number of hydrogen-bond acceptors (Lipinski definition) is 4. The summed E-state index contributed by atoms with van der Waals surface area (Å²) in [5.41, 5.74) is 2.73. The Morgan fingerprint density at radius 1 is 1.24 bits per heavy atom. The monoisotopic (exact) mass is 340 g/mol. The number of ether oxygens (including phenoxy) is 1. The second kappa shape index (κ2) is 6.64. The Bertz CT molecular complexity index is 807. The molecule has 1 aliphatic rings. The molecule has 130 valence electrons. The van der Waals surface area contributed by atoms with Crippen molar-refractivity contribution in [1.82, 2.24) is 5.32 Å². The van der Waals surface area contributed by atoms with Gasteiger partial charge in [-0.25, -0.2) is 0 Å². The van der Waals surface area contributed by atoms with Gasteiger partial charge >= 0.3 is 0 Å². The van der Waals surface area contributed by atoms with Crippen molar-refractivity contribution in [3.8, 4) is 0 Å². The Balaban J connectivity index is 1.72. The lowest BCUT2D eigenvalue weighted by atomic mass is 9.99. The quantitative estimate of drug-likeness (QED) is 0.670. The third kappa shape index (κ3) is 3.39. The van der Waals surface area contributed by atoms with Crippen molar-refractivity contribution >= 4 is 11.6 Å². The Labute approximate surface area is 146 Å². The molecule has 0 saturated heterocycles. The summed E-state index contributed by atoms with van der Waals surface area (Å²) in [4.78, 5) is 23.0. The van der Waals surface area contributed by atoms with E-state index in [0.29, 0.717) is 12.1 Å². The summed E-state index contributed by atoms with van der Waals surface area (Å²) < 4.78 is 5.73. The number of fused-ring (bicyclic) bond motifs is 1. The zero-order chi connectivity index (χ0) is 18.0. The van der Waals surface area contributed by atoms with Gasteiger partial charge in [-0.2, -0.15) is 0 Å². The van der Waals surface area contributed by atoms with Gasteiger partial charge in [0.2, 0.25) is 0 Å². The highest BCUT2D eigenvalue weighted by Crippen LogP contribution is 2.32. The molecule has 0 unspecified atom stereocenters. The molecule has 0 atom stereocenters. The summed E-state index contributed by atoms with van der Waals surface area (Å²) >= 11 is 0. The molecule has 6 nitrogen and oxygen atoms in total. The molecule has 0 spiro atoms. The van der Waals surface area contributed by atoms with E-state index >= 15 is 0 Å². The SMILES string of the molecule is COC1(CNC(=O)c2ccc(C)c([N+](=O)[O-])c2)Cc2ccccc2C1. The van der Waals surface area contributed by atoms with Crippen LogP contribution in [0.1, 0.15) is 27.0 Å². The maximum atomic E-state index is 12.4. The van der Waals surface area contributed by atoms with E-state index in [4.69, 9.17) is 4.74 Å². The lowest BCUT2D eigenvalue weighted by molar-refractivity contribution is -0.385. The van der Waals surface area contributed by atoms with Crippen LogP contribution in [0.5, 0.6) is 0 Å². The van der Waals surface area contributed by atoms with Crippen LogP contribution in [0.25, 0.3) is 0 Å². The number of nitrogens with zero attached hydrogens (tertiary/aromatic N) is 1. The average Bonchev–Trinajstić information content (AvgIpc) is 2.99. The number of aryl methyl sites for hydroxylation is 1. The molecule has 0 radical (unpaired) electrons. The van der Waals surface area contributed by atoms with Crippen LogP contribution in [-0.2, 0) is 17.6 Å². The summed E-state index contributed by atoms with van der Waals surface area (Å²) in [5.74, 6) is -0.338. The van der Waals surface area contributed by atoms with Gasteiger partial charge in [-0.15, -0.1) is 0 Å². The first-order valence-electron chi connectivity index (χ1n) is 8.09. The number of nitro benzene ring substituents is 1. The van der Waals surface area contributed by atoms with E-state index in [1.165, 1.54) is 17.2 Å². The Morgan fingerprint density at radius 3 is 2.44 bits per heavy atom. The molecule has 0 aliphatic heterocycles. The maximum absolute atomic E-state index is 12.4. The highest BCUT2D eigenvalue weighted by molar-refractivity contribution is 5.95. The molecular formula is C19H20N2O4. The Hall–Kier alpha value is -2.73. The van der Waals surface area contributed by atoms with Gasteiger partial charge in [-0.1, -0.05) is 30.3 Å².